The van der Waals surface area contributed by atoms with Crippen molar-refractivity contribution in [2.75, 3.05) is 33.3 Å². The van der Waals surface area contributed by atoms with Crippen LogP contribution >= 0.6 is 0 Å². The van der Waals surface area contributed by atoms with Crippen LogP contribution in [0, 0.1) is 0 Å². The molecule has 1 aromatic heterocycles. The number of likely N-dealkylation sites (tertiary alicyclic amines) is 1. The van der Waals surface area contributed by atoms with E-state index in [9.17, 15) is 14.7 Å². The van der Waals surface area contributed by atoms with Gasteiger partial charge in [-0.2, -0.15) is 0 Å². The zero-order valence-corrected chi connectivity index (χ0v) is 17.6. The van der Waals surface area contributed by atoms with Crippen LogP contribution in [0.25, 0.3) is 5.76 Å². The van der Waals surface area contributed by atoms with Crippen LogP contribution in [-0.2, 0) is 9.59 Å². The van der Waals surface area contributed by atoms with E-state index in [1.54, 1.807) is 42.6 Å². The van der Waals surface area contributed by atoms with Crippen molar-refractivity contribution in [3.8, 4) is 5.75 Å². The van der Waals surface area contributed by atoms with Crippen molar-refractivity contribution in [1.82, 2.24) is 9.88 Å². The van der Waals surface area contributed by atoms with Gasteiger partial charge >= 0.3 is 0 Å². The van der Waals surface area contributed by atoms with Crippen LogP contribution in [0.1, 0.15) is 31.1 Å². The molecule has 0 aliphatic carbocycles. The molecule has 2 aromatic rings. The lowest BCUT2D eigenvalue weighted by Crippen LogP contribution is -3.12. The van der Waals surface area contributed by atoms with Gasteiger partial charge in [0.1, 0.15) is 17.6 Å². The molecule has 30 heavy (non-hydrogen) atoms. The molecule has 0 spiro atoms. The molecule has 2 heterocycles. The number of amides is 1. The predicted octanol–water partition coefficient (Wildman–Crippen LogP) is 1.44. The van der Waals surface area contributed by atoms with Crippen molar-refractivity contribution in [1.29, 1.82) is 0 Å². The summed E-state index contributed by atoms with van der Waals surface area (Å²) in [5.74, 6) is -0.976. The molecule has 3 rings (SSSR count). The number of aliphatic hydroxyl groups excluding tert-OH is 1. The molecule has 158 valence electrons. The van der Waals surface area contributed by atoms with Crippen LogP contribution in [-0.4, -0.2) is 60.0 Å². The highest BCUT2D eigenvalue weighted by Crippen LogP contribution is 2.38. The van der Waals surface area contributed by atoms with Gasteiger partial charge in [0.25, 0.3) is 11.7 Å². The van der Waals surface area contributed by atoms with Crippen molar-refractivity contribution in [3.63, 3.8) is 0 Å². The Morgan fingerprint density at radius 1 is 1.17 bits per heavy atom. The summed E-state index contributed by atoms with van der Waals surface area (Å²) in [6, 6.07) is 11.4. The van der Waals surface area contributed by atoms with Crippen LogP contribution in [0.5, 0.6) is 5.75 Å². The van der Waals surface area contributed by atoms with E-state index in [-0.39, 0.29) is 11.3 Å². The van der Waals surface area contributed by atoms with Gasteiger partial charge in [0.15, 0.2) is 0 Å². The first-order valence-electron chi connectivity index (χ1n) is 10.2. The van der Waals surface area contributed by atoms with E-state index < -0.39 is 17.7 Å². The van der Waals surface area contributed by atoms with Gasteiger partial charge in [0.2, 0.25) is 0 Å². The van der Waals surface area contributed by atoms with Crippen LogP contribution < -0.4 is 9.64 Å². The fourth-order valence-corrected chi connectivity index (χ4v) is 3.76. The van der Waals surface area contributed by atoms with Crippen LogP contribution in [0.2, 0.25) is 0 Å². The van der Waals surface area contributed by atoms with Crippen molar-refractivity contribution in [2.45, 2.75) is 19.9 Å². The molecule has 1 amide bonds. The number of ether oxygens (including phenoxy) is 1. The molecule has 1 fully saturated rings. The smallest absolute Gasteiger partial charge is 0.295 e. The number of pyridine rings is 1. The Bertz CT molecular complexity index is 938. The Morgan fingerprint density at radius 2 is 1.93 bits per heavy atom. The van der Waals surface area contributed by atoms with Gasteiger partial charge < -0.3 is 19.6 Å². The number of rotatable bonds is 8. The van der Waals surface area contributed by atoms with Gasteiger partial charge in [0, 0.05) is 11.8 Å². The van der Waals surface area contributed by atoms with Crippen molar-refractivity contribution >= 4 is 17.4 Å². The number of quaternary nitrogens is 1. The number of nitrogens with one attached hydrogen (secondary N) is 1. The van der Waals surface area contributed by atoms with Gasteiger partial charge in [-0.25, -0.2) is 0 Å². The molecule has 1 aromatic carbocycles. The number of ketones is 1. The summed E-state index contributed by atoms with van der Waals surface area (Å²) in [5, 5.41) is 11.0. The first-order valence-corrected chi connectivity index (χ1v) is 10.2. The molecule has 0 saturated carbocycles. The molecule has 0 unspecified atom stereocenters. The van der Waals surface area contributed by atoms with E-state index in [4.69, 9.17) is 4.74 Å². The molecule has 1 saturated heterocycles. The highest BCUT2D eigenvalue weighted by Gasteiger charge is 2.46. The largest absolute Gasteiger partial charge is 0.507 e. The lowest BCUT2D eigenvalue weighted by molar-refractivity contribution is -0.895. The second kappa shape index (κ2) is 9.54. The first-order chi connectivity index (χ1) is 14.5. The summed E-state index contributed by atoms with van der Waals surface area (Å²) in [6.45, 7) is 7.15. The number of nitrogens with zero attached hydrogens (tertiary/aromatic N) is 2. The number of aromatic nitrogens is 1. The fourth-order valence-electron chi connectivity index (χ4n) is 3.76. The van der Waals surface area contributed by atoms with Crippen molar-refractivity contribution < 1.29 is 24.3 Å². The minimum Gasteiger partial charge on any atom is -0.507 e. The topological polar surface area (TPSA) is 84.2 Å². The third kappa shape index (κ3) is 4.21. The van der Waals surface area contributed by atoms with Crippen molar-refractivity contribution in [3.05, 3.63) is 65.5 Å². The summed E-state index contributed by atoms with van der Waals surface area (Å²) in [5.41, 5.74) is 1.03. The van der Waals surface area contributed by atoms with Gasteiger partial charge in [-0.15, -0.1) is 0 Å². The summed E-state index contributed by atoms with van der Waals surface area (Å²) in [7, 11) is 1.53. The van der Waals surface area contributed by atoms with E-state index in [1.807, 2.05) is 6.07 Å². The Labute approximate surface area is 176 Å². The van der Waals surface area contributed by atoms with Gasteiger partial charge in [-0.3, -0.25) is 14.6 Å². The number of hydrogen-bond donors (Lipinski definition) is 2. The Balaban J connectivity index is 2.08. The van der Waals surface area contributed by atoms with Crippen LogP contribution in [0.4, 0.5) is 0 Å². The van der Waals surface area contributed by atoms with Crippen LogP contribution in [0.15, 0.2) is 54.2 Å². The van der Waals surface area contributed by atoms with Crippen molar-refractivity contribution in [2.24, 2.45) is 0 Å². The lowest BCUT2D eigenvalue weighted by atomic mass is 9.98. The van der Waals surface area contributed by atoms with E-state index in [2.05, 4.69) is 18.8 Å². The van der Waals surface area contributed by atoms with E-state index in [1.165, 1.54) is 16.9 Å². The number of carbonyl (C=O) groups is 2. The van der Waals surface area contributed by atoms with E-state index >= 15 is 0 Å². The van der Waals surface area contributed by atoms with Gasteiger partial charge in [0.05, 0.1) is 44.6 Å². The molecule has 1 aliphatic heterocycles. The third-order valence-electron chi connectivity index (χ3n) is 5.56. The highest BCUT2D eigenvalue weighted by atomic mass is 16.5. The molecular formula is C23H28N3O4+. The highest BCUT2D eigenvalue weighted by molar-refractivity contribution is 6.46. The number of carbonyl (C=O) groups excluding carboxylic acids is 2. The Kier molecular flexibility index (Phi) is 6.84. The summed E-state index contributed by atoms with van der Waals surface area (Å²) >= 11 is 0. The molecule has 0 bridgehead atoms. The molecule has 7 nitrogen and oxygen atoms in total. The number of aliphatic hydroxyl groups is 1. The molecular weight excluding hydrogens is 382 g/mol. The standard InChI is InChI=1S/C23H27N3O4/c1-4-25(5-2)13-14-26-20(18-11-6-7-12-24-18)19(22(28)23(26)29)21(27)16-9-8-10-17(15-16)30-3/h6-12,15,20,27H,4-5,13-14H2,1-3H3/p+1/b21-19-/t20-/m1/s1. The number of benzene rings is 1. The SMILES string of the molecule is CC[NH+](CC)CCN1C(=O)C(=O)/C(=C(\O)c2cccc(OC)c2)[C@H]1c1ccccn1. The first kappa shape index (κ1) is 21.5. The quantitative estimate of drug-likeness (QED) is 0.391. The maximum absolute atomic E-state index is 13.0. The molecule has 2 N–H and O–H groups in total. The van der Waals surface area contributed by atoms with E-state index in [0.29, 0.717) is 30.1 Å². The second-order valence-corrected chi connectivity index (χ2v) is 7.19. The average molecular weight is 410 g/mol. The molecule has 7 heteroatoms. The molecule has 0 radical (unpaired) electrons. The van der Waals surface area contributed by atoms with Gasteiger partial charge in [-0.05, 0) is 38.1 Å². The fraction of sp³-hybridized carbons (Fsp3) is 0.348. The summed E-state index contributed by atoms with van der Waals surface area (Å²) < 4.78 is 5.23. The molecule has 1 atom stereocenters. The third-order valence-corrected chi connectivity index (χ3v) is 5.56. The average Bonchev–Trinajstić information content (AvgIpc) is 3.04. The minimum absolute atomic E-state index is 0.0569. The Hall–Kier alpha value is -3.19. The summed E-state index contributed by atoms with van der Waals surface area (Å²) in [4.78, 5) is 33.1. The number of methoxy groups -OCH3 is 1. The predicted molar refractivity (Wildman–Crippen MR) is 113 cm³/mol. The minimum atomic E-state index is -0.729. The monoisotopic (exact) mass is 410 g/mol. The zero-order chi connectivity index (χ0) is 21.7. The lowest BCUT2D eigenvalue weighted by Gasteiger charge is -2.26. The molecule has 1 aliphatic rings. The number of hydrogen-bond acceptors (Lipinski definition) is 5. The number of likely N-dealkylation sites (N-methyl/N-ethyl adjacent to an activating group) is 1. The van der Waals surface area contributed by atoms with Crippen LogP contribution in [0.3, 0.4) is 0 Å². The normalized spacial score (nSPS) is 18.3. The maximum atomic E-state index is 13.0. The second-order valence-electron chi connectivity index (χ2n) is 7.19. The zero-order valence-electron chi connectivity index (χ0n) is 17.6. The summed E-state index contributed by atoms with van der Waals surface area (Å²) in [6.07, 6.45) is 1.62. The maximum Gasteiger partial charge on any atom is 0.295 e. The number of Topliss-reactive ketones (excluding diaryl/α,β-unsaturated/α-hetero) is 1. The Morgan fingerprint density at radius 3 is 2.57 bits per heavy atom. The van der Waals surface area contributed by atoms with E-state index in [0.717, 1.165) is 13.1 Å². The van der Waals surface area contributed by atoms with Gasteiger partial charge in [-0.1, -0.05) is 18.2 Å².